The average Bonchev–Trinajstić information content (AvgIpc) is 2.27. The Labute approximate surface area is 106 Å². The lowest BCUT2D eigenvalue weighted by atomic mass is 10.2. The molecule has 1 unspecified atom stereocenters. The molecule has 0 aliphatic carbocycles. The van der Waals surface area contributed by atoms with Crippen molar-refractivity contribution in [3.8, 4) is 0 Å². The molecule has 6 heteroatoms. The Kier molecular flexibility index (Phi) is 4.91. The molecular weight excluding hydrogens is 265 g/mol. The fourth-order valence-electron chi connectivity index (χ4n) is 1.37. The summed E-state index contributed by atoms with van der Waals surface area (Å²) in [6.45, 7) is 1.69. The smallest absolute Gasteiger partial charge is 0.212 e. The van der Waals surface area contributed by atoms with Crippen LogP contribution in [0.15, 0.2) is 24.3 Å². The Morgan fingerprint density at radius 1 is 1.47 bits per heavy atom. The van der Waals surface area contributed by atoms with Crippen LogP contribution in [-0.4, -0.2) is 30.9 Å². The fraction of sp³-hybridized carbons (Fsp3) is 0.455. The van der Waals surface area contributed by atoms with Crippen LogP contribution in [0.25, 0.3) is 0 Å². The lowest BCUT2D eigenvalue weighted by Crippen LogP contribution is -2.35. The van der Waals surface area contributed by atoms with Gasteiger partial charge in [-0.1, -0.05) is 12.1 Å². The van der Waals surface area contributed by atoms with Crippen LogP contribution in [0.1, 0.15) is 12.5 Å². The third-order valence-corrected chi connectivity index (χ3v) is 5.28. The molecular formula is C11H15ClFNO2S. The molecule has 0 saturated heterocycles. The molecule has 3 nitrogen and oxygen atoms in total. The molecule has 96 valence electrons. The Morgan fingerprint density at radius 3 is 2.65 bits per heavy atom. The summed E-state index contributed by atoms with van der Waals surface area (Å²) in [7, 11) is -1.96. The highest BCUT2D eigenvalue weighted by atomic mass is 35.5. The predicted octanol–water partition coefficient (Wildman–Crippen LogP) is 2.21. The Bertz CT molecular complexity index is 478. The third-order valence-electron chi connectivity index (χ3n) is 2.45. The summed E-state index contributed by atoms with van der Waals surface area (Å²) < 4.78 is 37.9. The number of rotatable bonds is 5. The van der Waals surface area contributed by atoms with Gasteiger partial charge < -0.3 is 0 Å². The van der Waals surface area contributed by atoms with Crippen LogP contribution in [0.4, 0.5) is 4.39 Å². The van der Waals surface area contributed by atoms with Crippen molar-refractivity contribution in [2.24, 2.45) is 0 Å². The first-order chi connectivity index (χ1) is 7.87. The lowest BCUT2D eigenvalue weighted by molar-refractivity contribution is 0.459. The van der Waals surface area contributed by atoms with E-state index in [1.807, 2.05) is 0 Å². The van der Waals surface area contributed by atoms with E-state index in [-0.39, 0.29) is 18.2 Å². The monoisotopic (exact) mass is 279 g/mol. The first kappa shape index (κ1) is 14.4. The number of hydrogen-bond acceptors (Lipinski definition) is 2. The largest absolute Gasteiger partial charge is 0.217 e. The van der Waals surface area contributed by atoms with E-state index in [1.54, 1.807) is 19.1 Å². The van der Waals surface area contributed by atoms with Crippen molar-refractivity contribution >= 4 is 21.6 Å². The van der Waals surface area contributed by atoms with E-state index in [1.165, 1.54) is 23.5 Å². The zero-order chi connectivity index (χ0) is 13.1. The third kappa shape index (κ3) is 3.66. The normalized spacial score (nSPS) is 13.9. The van der Waals surface area contributed by atoms with Crippen molar-refractivity contribution in [2.45, 2.75) is 18.7 Å². The summed E-state index contributed by atoms with van der Waals surface area (Å²) in [4.78, 5) is 0. The van der Waals surface area contributed by atoms with Gasteiger partial charge >= 0.3 is 0 Å². The van der Waals surface area contributed by atoms with E-state index < -0.39 is 15.3 Å². The molecule has 1 aromatic rings. The van der Waals surface area contributed by atoms with Gasteiger partial charge in [0.25, 0.3) is 0 Å². The number of sulfonamides is 1. The average molecular weight is 280 g/mol. The molecule has 17 heavy (non-hydrogen) atoms. The first-order valence-corrected chi connectivity index (χ1v) is 7.17. The number of alkyl halides is 1. The van der Waals surface area contributed by atoms with Gasteiger partial charge in [-0.05, 0) is 24.6 Å². The molecule has 0 N–H and O–H groups in total. The van der Waals surface area contributed by atoms with Gasteiger partial charge in [0.05, 0.1) is 5.25 Å². The SMILES string of the molecule is CC(CCl)S(=O)(=O)N(C)Cc1cccc(F)c1. The van der Waals surface area contributed by atoms with Gasteiger partial charge in [0.1, 0.15) is 5.82 Å². The minimum Gasteiger partial charge on any atom is -0.212 e. The van der Waals surface area contributed by atoms with Crippen LogP contribution in [0.5, 0.6) is 0 Å². The van der Waals surface area contributed by atoms with E-state index in [2.05, 4.69) is 0 Å². The molecule has 0 radical (unpaired) electrons. The zero-order valence-electron chi connectivity index (χ0n) is 9.73. The number of benzene rings is 1. The molecule has 0 fully saturated rings. The van der Waals surface area contributed by atoms with Gasteiger partial charge in [-0.2, -0.15) is 0 Å². The summed E-state index contributed by atoms with van der Waals surface area (Å²) in [5.74, 6) is -0.339. The summed E-state index contributed by atoms with van der Waals surface area (Å²) in [5.41, 5.74) is 0.609. The second-order valence-corrected chi connectivity index (χ2v) is 6.66. The molecule has 1 aromatic carbocycles. The van der Waals surface area contributed by atoms with Crippen molar-refractivity contribution in [3.63, 3.8) is 0 Å². The highest BCUT2D eigenvalue weighted by Crippen LogP contribution is 2.13. The zero-order valence-corrected chi connectivity index (χ0v) is 11.3. The lowest BCUT2D eigenvalue weighted by Gasteiger charge is -2.20. The van der Waals surface area contributed by atoms with Crippen molar-refractivity contribution in [2.75, 3.05) is 12.9 Å². The molecule has 1 rings (SSSR count). The van der Waals surface area contributed by atoms with Crippen molar-refractivity contribution in [3.05, 3.63) is 35.6 Å². The van der Waals surface area contributed by atoms with Crippen molar-refractivity contribution in [1.29, 1.82) is 0 Å². The van der Waals surface area contributed by atoms with Gasteiger partial charge in [-0.25, -0.2) is 17.1 Å². The van der Waals surface area contributed by atoms with E-state index in [4.69, 9.17) is 11.6 Å². The Morgan fingerprint density at radius 2 is 2.12 bits per heavy atom. The summed E-state index contributed by atoms with van der Waals surface area (Å²) in [6, 6.07) is 5.87. The van der Waals surface area contributed by atoms with E-state index in [0.29, 0.717) is 5.56 Å². The van der Waals surface area contributed by atoms with Gasteiger partial charge in [-0.15, -0.1) is 11.6 Å². The summed E-state index contributed by atoms with van der Waals surface area (Å²) >= 11 is 5.54. The van der Waals surface area contributed by atoms with Crippen LogP contribution in [0, 0.1) is 5.82 Å². The maximum absolute atomic E-state index is 12.9. The number of hydrogen-bond donors (Lipinski definition) is 0. The fourth-order valence-corrected chi connectivity index (χ4v) is 2.95. The van der Waals surface area contributed by atoms with E-state index in [9.17, 15) is 12.8 Å². The van der Waals surface area contributed by atoms with Crippen LogP contribution in [0.3, 0.4) is 0 Å². The molecule has 1 atom stereocenters. The molecule has 0 saturated carbocycles. The molecule has 0 bridgehead atoms. The quantitative estimate of drug-likeness (QED) is 0.775. The van der Waals surface area contributed by atoms with Crippen LogP contribution >= 0.6 is 11.6 Å². The second-order valence-electron chi connectivity index (χ2n) is 3.90. The molecule has 0 spiro atoms. The first-order valence-electron chi connectivity index (χ1n) is 5.13. The molecule has 0 heterocycles. The highest BCUT2D eigenvalue weighted by molar-refractivity contribution is 7.89. The van der Waals surface area contributed by atoms with E-state index in [0.717, 1.165) is 0 Å². The standard InChI is InChI=1S/C11H15ClFNO2S/c1-9(7-12)17(15,16)14(2)8-10-4-3-5-11(13)6-10/h3-6,9H,7-8H2,1-2H3. The maximum Gasteiger partial charge on any atom is 0.217 e. The maximum atomic E-state index is 12.9. The Hall–Kier alpha value is -0.650. The predicted molar refractivity (Wildman–Crippen MR) is 67.0 cm³/mol. The van der Waals surface area contributed by atoms with Crippen LogP contribution < -0.4 is 0 Å². The minimum absolute atomic E-state index is 0.0375. The summed E-state index contributed by atoms with van der Waals surface area (Å²) in [6.07, 6.45) is 0. The molecule has 0 aliphatic rings. The number of nitrogens with zero attached hydrogens (tertiary/aromatic N) is 1. The van der Waals surface area contributed by atoms with Gasteiger partial charge in [0.15, 0.2) is 0 Å². The summed E-state index contributed by atoms with van der Waals surface area (Å²) in [5, 5.41) is -0.650. The van der Waals surface area contributed by atoms with E-state index >= 15 is 0 Å². The van der Waals surface area contributed by atoms with Crippen molar-refractivity contribution in [1.82, 2.24) is 4.31 Å². The topological polar surface area (TPSA) is 37.4 Å². The molecule has 0 amide bonds. The Balaban J connectivity index is 2.83. The highest BCUT2D eigenvalue weighted by Gasteiger charge is 2.25. The van der Waals surface area contributed by atoms with Gasteiger partial charge in [0, 0.05) is 19.5 Å². The molecule has 0 aliphatic heterocycles. The number of halogens is 2. The minimum atomic E-state index is -3.42. The van der Waals surface area contributed by atoms with Crippen molar-refractivity contribution < 1.29 is 12.8 Å². The van der Waals surface area contributed by atoms with Gasteiger partial charge in [-0.3, -0.25) is 0 Å². The van der Waals surface area contributed by atoms with Crippen LogP contribution in [-0.2, 0) is 16.6 Å². The van der Waals surface area contributed by atoms with Crippen LogP contribution in [0.2, 0.25) is 0 Å². The van der Waals surface area contributed by atoms with Gasteiger partial charge in [0.2, 0.25) is 10.0 Å². The molecule has 0 aromatic heterocycles. The second kappa shape index (κ2) is 5.80.